The van der Waals surface area contributed by atoms with Crippen molar-refractivity contribution in [2.45, 2.75) is 50.9 Å². The summed E-state index contributed by atoms with van der Waals surface area (Å²) in [5.41, 5.74) is 0.705. The fourth-order valence-corrected chi connectivity index (χ4v) is 3.05. The highest BCUT2D eigenvalue weighted by Crippen LogP contribution is 2.22. The molecule has 19 heavy (non-hydrogen) atoms. The van der Waals surface area contributed by atoms with E-state index in [4.69, 9.17) is 4.74 Å². The third kappa shape index (κ3) is 3.10. The summed E-state index contributed by atoms with van der Waals surface area (Å²) in [5, 5.41) is 16.9. The molecule has 1 heterocycles. The van der Waals surface area contributed by atoms with Gasteiger partial charge in [0.25, 0.3) is 5.91 Å². The zero-order valence-corrected chi connectivity index (χ0v) is 11.9. The van der Waals surface area contributed by atoms with Gasteiger partial charge in [0.2, 0.25) is 0 Å². The molecule has 6 nitrogen and oxygen atoms in total. The first kappa shape index (κ1) is 14.4. The van der Waals surface area contributed by atoms with Crippen LogP contribution in [0.3, 0.4) is 0 Å². The molecule has 0 unspecified atom stereocenters. The number of hydrogen-bond acceptors (Lipinski definition) is 6. The lowest BCUT2D eigenvalue weighted by atomic mass is 9.90. The first-order valence-corrected chi connectivity index (χ1v) is 7.27. The van der Waals surface area contributed by atoms with Crippen LogP contribution in [-0.4, -0.2) is 46.0 Å². The highest BCUT2D eigenvalue weighted by atomic mass is 32.1. The normalized spacial score (nSPS) is 27.2. The molecule has 3 atom stereocenters. The lowest BCUT2D eigenvalue weighted by Gasteiger charge is -2.34. The Morgan fingerprint density at radius 2 is 2.37 bits per heavy atom. The molecule has 7 heteroatoms. The summed E-state index contributed by atoms with van der Waals surface area (Å²) in [6, 6.07) is -0.266. The van der Waals surface area contributed by atoms with Crippen molar-refractivity contribution in [3.8, 4) is 0 Å². The fraction of sp³-hybridized carbons (Fsp3) is 0.750. The lowest BCUT2D eigenvalue weighted by Crippen LogP contribution is -2.51. The van der Waals surface area contributed by atoms with Gasteiger partial charge in [-0.3, -0.25) is 4.79 Å². The van der Waals surface area contributed by atoms with Crippen molar-refractivity contribution in [3.63, 3.8) is 0 Å². The van der Waals surface area contributed by atoms with Crippen LogP contribution in [0.25, 0.3) is 0 Å². The molecule has 1 fully saturated rings. The monoisotopic (exact) mass is 285 g/mol. The van der Waals surface area contributed by atoms with E-state index in [0.717, 1.165) is 30.8 Å². The van der Waals surface area contributed by atoms with Gasteiger partial charge >= 0.3 is 0 Å². The number of carbonyl (C=O) groups excluding carboxylic acids is 1. The Kier molecular flexibility index (Phi) is 4.84. The van der Waals surface area contributed by atoms with Crippen molar-refractivity contribution in [1.29, 1.82) is 0 Å². The number of ether oxygens (including phenoxy) is 1. The number of methoxy groups -OCH3 is 1. The molecule has 106 valence electrons. The molecule has 2 rings (SSSR count). The van der Waals surface area contributed by atoms with Crippen LogP contribution in [0.2, 0.25) is 0 Å². The molecular formula is C12H19N3O3S. The van der Waals surface area contributed by atoms with Gasteiger partial charge in [0.1, 0.15) is 11.0 Å². The average Bonchev–Trinajstić information content (AvgIpc) is 2.89. The predicted octanol–water partition coefficient (Wildman–Crippen LogP) is 0.759. The van der Waals surface area contributed by atoms with E-state index < -0.39 is 6.10 Å². The first-order chi connectivity index (χ1) is 9.17. The summed E-state index contributed by atoms with van der Waals surface area (Å²) in [6.07, 6.45) is 2.33. The van der Waals surface area contributed by atoms with Gasteiger partial charge in [-0.25, -0.2) is 0 Å². The summed E-state index contributed by atoms with van der Waals surface area (Å²) in [5.74, 6) is -0.201. The van der Waals surface area contributed by atoms with Crippen LogP contribution in [0.15, 0.2) is 0 Å². The van der Waals surface area contributed by atoms with Gasteiger partial charge < -0.3 is 15.2 Å². The topological polar surface area (TPSA) is 84.3 Å². The molecule has 1 amide bonds. The molecule has 1 aliphatic rings. The van der Waals surface area contributed by atoms with Gasteiger partial charge in [0.05, 0.1) is 17.8 Å². The number of rotatable bonds is 4. The maximum atomic E-state index is 12.2. The van der Waals surface area contributed by atoms with E-state index in [9.17, 15) is 9.90 Å². The van der Waals surface area contributed by atoms with E-state index in [2.05, 4.69) is 14.9 Å². The first-order valence-electron chi connectivity index (χ1n) is 6.50. The Bertz CT molecular complexity index is 438. The summed E-state index contributed by atoms with van der Waals surface area (Å²) in [4.78, 5) is 12.7. The highest BCUT2D eigenvalue weighted by molar-refractivity contribution is 7.08. The Balaban J connectivity index is 2.02. The lowest BCUT2D eigenvalue weighted by molar-refractivity contribution is -0.0513. The Labute approximate surface area is 116 Å². The third-order valence-electron chi connectivity index (χ3n) is 3.51. The third-order valence-corrected chi connectivity index (χ3v) is 4.28. The Morgan fingerprint density at radius 1 is 1.58 bits per heavy atom. The van der Waals surface area contributed by atoms with E-state index in [0.29, 0.717) is 17.0 Å². The number of aryl methyl sites for hydroxylation is 1. The second-order valence-electron chi connectivity index (χ2n) is 4.68. The molecule has 1 aromatic rings. The predicted molar refractivity (Wildman–Crippen MR) is 71.2 cm³/mol. The number of amides is 1. The van der Waals surface area contributed by atoms with Crippen LogP contribution in [-0.2, 0) is 11.2 Å². The SMILES string of the molecule is CCc1nnsc1C(=O)N[C@@H]1CCC[C@@H](OC)[C@@H]1O. The molecule has 1 aromatic heterocycles. The van der Waals surface area contributed by atoms with Gasteiger partial charge in [0.15, 0.2) is 0 Å². The fourth-order valence-electron chi connectivity index (χ4n) is 2.40. The Morgan fingerprint density at radius 3 is 3.05 bits per heavy atom. The second kappa shape index (κ2) is 6.40. The van der Waals surface area contributed by atoms with Crippen LogP contribution >= 0.6 is 11.5 Å². The molecule has 2 N–H and O–H groups in total. The standard InChI is InChI=1S/C12H19N3O3S/c1-3-7-11(19-15-14-7)12(17)13-8-5-4-6-9(18-2)10(8)16/h8-10,16H,3-6H2,1-2H3,(H,13,17)/t8-,9-,10-/m1/s1. The minimum atomic E-state index is -0.659. The van der Waals surface area contributed by atoms with Gasteiger partial charge in [-0.1, -0.05) is 11.4 Å². The van der Waals surface area contributed by atoms with Crippen LogP contribution in [0.1, 0.15) is 41.6 Å². The van der Waals surface area contributed by atoms with Crippen LogP contribution in [0.4, 0.5) is 0 Å². The van der Waals surface area contributed by atoms with E-state index in [1.807, 2.05) is 6.92 Å². The van der Waals surface area contributed by atoms with Gasteiger partial charge in [0, 0.05) is 7.11 Å². The van der Waals surface area contributed by atoms with Crippen molar-refractivity contribution in [1.82, 2.24) is 14.9 Å². The second-order valence-corrected chi connectivity index (χ2v) is 5.43. The van der Waals surface area contributed by atoms with Gasteiger partial charge in [-0.15, -0.1) is 5.10 Å². The van der Waals surface area contributed by atoms with E-state index in [1.54, 1.807) is 7.11 Å². The van der Waals surface area contributed by atoms with Crippen molar-refractivity contribution < 1.29 is 14.6 Å². The maximum absolute atomic E-state index is 12.2. The molecule has 0 spiro atoms. The van der Waals surface area contributed by atoms with Crippen molar-refractivity contribution >= 4 is 17.4 Å². The zero-order chi connectivity index (χ0) is 13.8. The van der Waals surface area contributed by atoms with E-state index in [1.165, 1.54) is 0 Å². The summed E-state index contributed by atoms with van der Waals surface area (Å²) < 4.78 is 9.03. The highest BCUT2D eigenvalue weighted by Gasteiger charge is 2.33. The Hall–Kier alpha value is -1.05. The number of aliphatic hydroxyl groups is 1. The largest absolute Gasteiger partial charge is 0.388 e. The van der Waals surface area contributed by atoms with Gasteiger partial charge in [-0.05, 0) is 37.2 Å². The molecule has 0 saturated heterocycles. The summed E-state index contributed by atoms with van der Waals surface area (Å²) >= 11 is 1.09. The van der Waals surface area contributed by atoms with Crippen LogP contribution < -0.4 is 5.32 Å². The minimum absolute atomic E-state index is 0.201. The summed E-state index contributed by atoms with van der Waals surface area (Å²) in [7, 11) is 1.58. The van der Waals surface area contributed by atoms with Crippen LogP contribution in [0.5, 0.6) is 0 Å². The van der Waals surface area contributed by atoms with Crippen molar-refractivity contribution in [2.75, 3.05) is 7.11 Å². The number of aliphatic hydroxyl groups excluding tert-OH is 1. The average molecular weight is 285 g/mol. The van der Waals surface area contributed by atoms with E-state index in [-0.39, 0.29) is 18.1 Å². The number of nitrogens with one attached hydrogen (secondary N) is 1. The molecular weight excluding hydrogens is 266 g/mol. The maximum Gasteiger partial charge on any atom is 0.265 e. The zero-order valence-electron chi connectivity index (χ0n) is 11.1. The van der Waals surface area contributed by atoms with Crippen molar-refractivity contribution in [2.24, 2.45) is 0 Å². The number of aromatic nitrogens is 2. The molecule has 1 saturated carbocycles. The molecule has 0 aromatic carbocycles. The van der Waals surface area contributed by atoms with Crippen molar-refractivity contribution in [3.05, 3.63) is 10.6 Å². The summed E-state index contributed by atoms with van der Waals surface area (Å²) in [6.45, 7) is 1.93. The minimum Gasteiger partial charge on any atom is -0.388 e. The molecule has 0 aliphatic heterocycles. The molecule has 1 aliphatic carbocycles. The van der Waals surface area contributed by atoms with E-state index >= 15 is 0 Å². The van der Waals surface area contributed by atoms with Crippen LogP contribution in [0, 0.1) is 0 Å². The number of hydrogen-bond donors (Lipinski definition) is 2. The van der Waals surface area contributed by atoms with Gasteiger partial charge in [-0.2, -0.15) is 0 Å². The molecule has 0 bridgehead atoms. The number of nitrogens with zero attached hydrogens (tertiary/aromatic N) is 2. The molecule has 0 radical (unpaired) electrons. The number of carbonyl (C=O) groups is 1. The quantitative estimate of drug-likeness (QED) is 0.853. The smallest absolute Gasteiger partial charge is 0.265 e.